The van der Waals surface area contributed by atoms with Crippen LogP contribution in [0.3, 0.4) is 0 Å². The van der Waals surface area contributed by atoms with Crippen LogP contribution in [-0.2, 0) is 4.79 Å². The summed E-state index contributed by atoms with van der Waals surface area (Å²) < 4.78 is 9.44. The smallest absolute Gasteiger partial charge is 0.294 e. The monoisotopic (exact) mass is 367 g/mol. The van der Waals surface area contributed by atoms with E-state index in [0.29, 0.717) is 12.2 Å². The Morgan fingerprint density at radius 3 is 2.73 bits per heavy atom. The summed E-state index contributed by atoms with van der Waals surface area (Å²) in [6.07, 6.45) is 3.27. The molecule has 6 nitrogen and oxygen atoms in total. The Bertz CT molecular complexity index is 951. The molecule has 26 heavy (non-hydrogen) atoms. The van der Waals surface area contributed by atoms with E-state index in [-0.39, 0.29) is 23.6 Å². The van der Waals surface area contributed by atoms with Crippen molar-refractivity contribution in [3.63, 3.8) is 0 Å². The molecular weight excluding hydrogens is 350 g/mol. The van der Waals surface area contributed by atoms with Crippen LogP contribution in [0, 0.1) is 0 Å². The van der Waals surface area contributed by atoms with E-state index >= 15 is 0 Å². The molecule has 0 bridgehead atoms. The van der Waals surface area contributed by atoms with E-state index in [1.54, 1.807) is 35.1 Å². The number of aromatic nitrogens is 1. The topological polar surface area (TPSA) is 66.7 Å². The van der Waals surface area contributed by atoms with Crippen molar-refractivity contribution in [2.45, 2.75) is 19.9 Å². The molecule has 4 rings (SSSR count). The van der Waals surface area contributed by atoms with Gasteiger partial charge < -0.3 is 14.2 Å². The van der Waals surface area contributed by atoms with Crippen LogP contribution in [0.25, 0.3) is 11.1 Å². The summed E-state index contributed by atoms with van der Waals surface area (Å²) in [6.45, 7) is 3.88. The number of nitrogens with zero attached hydrogens (tertiary/aromatic N) is 3. The van der Waals surface area contributed by atoms with Crippen molar-refractivity contribution in [1.82, 2.24) is 4.37 Å². The summed E-state index contributed by atoms with van der Waals surface area (Å²) in [6, 6.07) is 8.98. The fraction of sp³-hybridized carbons (Fsp3) is 0.211. The highest BCUT2D eigenvalue weighted by Crippen LogP contribution is 2.39. The summed E-state index contributed by atoms with van der Waals surface area (Å²) in [5.74, 6) is 0.0164. The van der Waals surface area contributed by atoms with Crippen LogP contribution in [-0.4, -0.2) is 28.8 Å². The number of carbonyl (C=O) groups is 2. The minimum atomic E-state index is -0.216. The van der Waals surface area contributed by atoms with Crippen molar-refractivity contribution in [3.05, 3.63) is 53.9 Å². The van der Waals surface area contributed by atoms with E-state index in [1.165, 1.54) is 17.8 Å². The Balaban J connectivity index is 1.85. The maximum absolute atomic E-state index is 13.0. The van der Waals surface area contributed by atoms with Crippen molar-refractivity contribution in [2.75, 3.05) is 16.3 Å². The molecule has 0 spiro atoms. The summed E-state index contributed by atoms with van der Waals surface area (Å²) >= 11 is 1.37. The molecule has 3 aromatic rings. The minimum absolute atomic E-state index is 0.0474. The van der Waals surface area contributed by atoms with Crippen LogP contribution in [0.4, 0.5) is 11.4 Å². The first-order valence-electron chi connectivity index (χ1n) is 8.25. The Kier molecular flexibility index (Phi) is 4.08. The van der Waals surface area contributed by atoms with Crippen LogP contribution >= 0.6 is 11.5 Å². The van der Waals surface area contributed by atoms with E-state index in [0.717, 1.165) is 16.8 Å². The quantitative estimate of drug-likeness (QED) is 0.691. The molecule has 0 N–H and O–H groups in total. The third kappa shape index (κ3) is 2.70. The van der Waals surface area contributed by atoms with Crippen LogP contribution in [0.2, 0.25) is 0 Å². The first kappa shape index (κ1) is 16.5. The van der Waals surface area contributed by atoms with Crippen molar-refractivity contribution in [3.8, 4) is 11.1 Å². The molecule has 132 valence electrons. The molecule has 1 aliphatic heterocycles. The zero-order chi connectivity index (χ0) is 18.3. The van der Waals surface area contributed by atoms with Gasteiger partial charge in [-0.2, -0.15) is 0 Å². The van der Waals surface area contributed by atoms with Gasteiger partial charge in [0.25, 0.3) is 5.91 Å². The molecule has 0 saturated carbocycles. The van der Waals surface area contributed by atoms with Crippen molar-refractivity contribution < 1.29 is 14.0 Å². The average Bonchev–Trinajstić information content (AvgIpc) is 3.33. The summed E-state index contributed by atoms with van der Waals surface area (Å²) in [7, 11) is 0. The minimum Gasteiger partial charge on any atom is -0.459 e. The number of carbonyl (C=O) groups excluding carboxylic acids is 2. The van der Waals surface area contributed by atoms with Gasteiger partial charge in [0.15, 0.2) is 5.76 Å². The summed E-state index contributed by atoms with van der Waals surface area (Å²) in [5, 5.41) is 1.95. The number of fused-ring (bicyclic) bond motifs is 1. The van der Waals surface area contributed by atoms with Gasteiger partial charge in [-0.05, 0) is 48.3 Å². The van der Waals surface area contributed by atoms with Gasteiger partial charge in [-0.25, -0.2) is 4.37 Å². The van der Waals surface area contributed by atoms with Gasteiger partial charge in [0, 0.05) is 30.6 Å². The van der Waals surface area contributed by atoms with Gasteiger partial charge in [-0.15, -0.1) is 0 Å². The summed E-state index contributed by atoms with van der Waals surface area (Å²) in [5.41, 5.74) is 3.36. The first-order valence-corrected chi connectivity index (χ1v) is 9.09. The highest BCUT2D eigenvalue weighted by Gasteiger charge is 2.34. The zero-order valence-corrected chi connectivity index (χ0v) is 15.2. The molecular formula is C19H17N3O3S. The van der Waals surface area contributed by atoms with Crippen molar-refractivity contribution in [1.29, 1.82) is 0 Å². The third-order valence-electron chi connectivity index (χ3n) is 4.50. The Morgan fingerprint density at radius 2 is 2.08 bits per heavy atom. The van der Waals surface area contributed by atoms with Crippen LogP contribution in [0.1, 0.15) is 24.4 Å². The van der Waals surface area contributed by atoms with Gasteiger partial charge >= 0.3 is 0 Å². The molecule has 0 saturated heterocycles. The molecule has 3 heterocycles. The van der Waals surface area contributed by atoms with Gasteiger partial charge in [0.1, 0.15) is 0 Å². The standard InChI is InChI=1S/C19H17N3O3S/c1-12-10-21(19(24)18-4-3-7-25-18)17-8-14(15-9-20-26-11-15)5-6-16(17)22(12)13(2)23/h3-9,11-12H,10H2,1-2H3. The van der Waals surface area contributed by atoms with E-state index in [2.05, 4.69) is 4.37 Å². The molecule has 1 aromatic carbocycles. The number of hydrogen-bond donors (Lipinski definition) is 0. The fourth-order valence-corrected chi connectivity index (χ4v) is 3.90. The maximum atomic E-state index is 13.0. The predicted molar refractivity (Wildman–Crippen MR) is 101 cm³/mol. The predicted octanol–water partition coefficient (Wildman–Crippen LogP) is 3.80. The number of hydrogen-bond acceptors (Lipinski definition) is 5. The molecule has 0 aliphatic carbocycles. The van der Waals surface area contributed by atoms with Crippen molar-refractivity contribution >= 4 is 34.7 Å². The lowest BCUT2D eigenvalue weighted by Gasteiger charge is -2.40. The van der Waals surface area contributed by atoms with E-state index in [4.69, 9.17) is 4.42 Å². The van der Waals surface area contributed by atoms with E-state index in [9.17, 15) is 9.59 Å². The lowest BCUT2D eigenvalue weighted by molar-refractivity contribution is -0.117. The molecule has 0 radical (unpaired) electrons. The number of rotatable bonds is 2. The van der Waals surface area contributed by atoms with Crippen LogP contribution < -0.4 is 9.80 Å². The maximum Gasteiger partial charge on any atom is 0.294 e. The van der Waals surface area contributed by atoms with Gasteiger partial charge in [-0.3, -0.25) is 9.59 Å². The number of benzene rings is 1. The molecule has 7 heteroatoms. The molecule has 1 aliphatic rings. The van der Waals surface area contributed by atoms with Crippen LogP contribution in [0.5, 0.6) is 0 Å². The van der Waals surface area contributed by atoms with Crippen molar-refractivity contribution in [2.24, 2.45) is 0 Å². The Labute approximate surface area is 154 Å². The van der Waals surface area contributed by atoms with Gasteiger partial charge in [-0.1, -0.05) is 6.07 Å². The molecule has 0 fully saturated rings. The normalized spacial score (nSPS) is 16.5. The summed E-state index contributed by atoms with van der Waals surface area (Å²) in [4.78, 5) is 28.6. The first-order chi connectivity index (χ1) is 12.6. The Morgan fingerprint density at radius 1 is 1.23 bits per heavy atom. The average molecular weight is 367 g/mol. The second-order valence-electron chi connectivity index (χ2n) is 6.25. The molecule has 2 aromatic heterocycles. The lowest BCUT2D eigenvalue weighted by Crippen LogP contribution is -2.51. The number of amides is 2. The van der Waals surface area contributed by atoms with E-state index < -0.39 is 0 Å². The highest BCUT2D eigenvalue weighted by molar-refractivity contribution is 7.03. The van der Waals surface area contributed by atoms with E-state index in [1.807, 2.05) is 30.5 Å². The second-order valence-corrected chi connectivity index (χ2v) is 6.91. The third-order valence-corrected chi connectivity index (χ3v) is 5.08. The molecule has 1 atom stereocenters. The largest absolute Gasteiger partial charge is 0.459 e. The van der Waals surface area contributed by atoms with Crippen LogP contribution in [0.15, 0.2) is 52.6 Å². The number of anilines is 2. The number of furan rings is 1. The zero-order valence-electron chi connectivity index (χ0n) is 14.4. The second kappa shape index (κ2) is 6.42. The fourth-order valence-electron chi connectivity index (χ4n) is 3.36. The lowest BCUT2D eigenvalue weighted by atomic mass is 10.0. The van der Waals surface area contributed by atoms with Gasteiger partial charge in [0.05, 0.1) is 23.7 Å². The molecule has 2 amide bonds. The highest BCUT2D eigenvalue weighted by atomic mass is 32.1. The SMILES string of the molecule is CC(=O)N1c2ccc(-c3cnsc3)cc2N(C(=O)c2ccco2)CC1C. The molecule has 1 unspecified atom stereocenters. The van der Waals surface area contributed by atoms with Gasteiger partial charge in [0.2, 0.25) is 5.91 Å². The Hall–Kier alpha value is -2.93.